The Balaban J connectivity index is 3.48. The third kappa shape index (κ3) is 2.22. The van der Waals surface area contributed by atoms with Gasteiger partial charge in [-0.05, 0) is 6.07 Å². The number of carbonyl (C=O) groups is 2. The van der Waals surface area contributed by atoms with E-state index in [0.717, 1.165) is 6.07 Å². The quantitative estimate of drug-likeness (QED) is 0.267. The zero-order chi connectivity index (χ0) is 12.3. The molecule has 5 nitrogen and oxygen atoms in total. The molecule has 0 atom stereocenters. The molecule has 0 aromatic heterocycles. The molecule has 16 heavy (non-hydrogen) atoms. The van der Waals surface area contributed by atoms with E-state index in [1.807, 2.05) is 0 Å². The summed E-state index contributed by atoms with van der Waals surface area (Å²) in [6, 6.07) is 1.36. The van der Waals surface area contributed by atoms with Gasteiger partial charge in [-0.1, -0.05) is 0 Å². The molecule has 1 rings (SSSR count). The molecule has 0 aliphatic heterocycles. The van der Waals surface area contributed by atoms with Crippen LogP contribution in [0.1, 0.15) is 20.7 Å². The second kappa shape index (κ2) is 4.80. The summed E-state index contributed by atoms with van der Waals surface area (Å²) in [6.07, 6.45) is 0.171. The first-order chi connectivity index (χ1) is 7.51. The molecular formula is C9H5ClFNO4. The second-order valence-corrected chi connectivity index (χ2v) is 3.09. The number of nitro benzene ring substituents is 1. The second-order valence-electron chi connectivity index (χ2n) is 2.82. The van der Waals surface area contributed by atoms with E-state index >= 15 is 0 Å². The largest absolute Gasteiger partial charge is 0.298 e. The van der Waals surface area contributed by atoms with Gasteiger partial charge in [-0.3, -0.25) is 19.7 Å². The van der Waals surface area contributed by atoms with Crippen LogP contribution < -0.4 is 0 Å². The number of alkyl halides is 1. The van der Waals surface area contributed by atoms with Gasteiger partial charge in [-0.2, -0.15) is 0 Å². The molecule has 0 spiro atoms. The number of ketones is 1. The fourth-order valence-electron chi connectivity index (χ4n) is 1.12. The van der Waals surface area contributed by atoms with Gasteiger partial charge < -0.3 is 0 Å². The molecule has 0 heterocycles. The molecule has 0 saturated heterocycles. The van der Waals surface area contributed by atoms with Crippen molar-refractivity contribution in [1.29, 1.82) is 0 Å². The van der Waals surface area contributed by atoms with Crippen molar-refractivity contribution >= 4 is 29.4 Å². The van der Waals surface area contributed by atoms with Crippen LogP contribution in [0.2, 0.25) is 0 Å². The summed E-state index contributed by atoms with van der Waals surface area (Å²) in [5.74, 6) is -2.27. The number of hydrogen-bond acceptors (Lipinski definition) is 4. The van der Waals surface area contributed by atoms with Gasteiger partial charge in [0.15, 0.2) is 12.1 Å². The van der Waals surface area contributed by atoms with Gasteiger partial charge in [0, 0.05) is 0 Å². The van der Waals surface area contributed by atoms with Gasteiger partial charge in [0.25, 0.3) is 5.69 Å². The highest BCUT2D eigenvalue weighted by Gasteiger charge is 2.22. The Morgan fingerprint density at radius 3 is 2.62 bits per heavy atom. The van der Waals surface area contributed by atoms with Crippen molar-refractivity contribution in [2.75, 3.05) is 5.88 Å². The molecule has 1 aromatic carbocycles. The highest BCUT2D eigenvalue weighted by Crippen LogP contribution is 2.23. The van der Waals surface area contributed by atoms with Gasteiger partial charge in [-0.25, -0.2) is 4.39 Å². The number of aldehydes is 1. The van der Waals surface area contributed by atoms with Crippen molar-refractivity contribution in [3.8, 4) is 0 Å². The lowest BCUT2D eigenvalue weighted by Crippen LogP contribution is -2.07. The number of Topliss-reactive ketones (excluding diaryl/α,β-unsaturated/α-hetero) is 1. The van der Waals surface area contributed by atoms with Crippen molar-refractivity contribution in [3.63, 3.8) is 0 Å². The van der Waals surface area contributed by atoms with Gasteiger partial charge in [0.2, 0.25) is 0 Å². The Bertz CT molecular complexity index is 475. The van der Waals surface area contributed by atoms with Crippen LogP contribution in [0, 0.1) is 15.9 Å². The van der Waals surface area contributed by atoms with Crippen LogP contribution in [0.3, 0.4) is 0 Å². The Morgan fingerprint density at radius 1 is 1.56 bits per heavy atom. The summed E-state index contributed by atoms with van der Waals surface area (Å²) in [5.41, 5.74) is -1.49. The normalized spacial score (nSPS) is 9.88. The average molecular weight is 246 g/mol. The number of rotatable bonds is 4. The van der Waals surface area contributed by atoms with E-state index in [9.17, 15) is 24.1 Å². The van der Waals surface area contributed by atoms with Crippen LogP contribution in [0.5, 0.6) is 0 Å². The molecule has 7 heteroatoms. The van der Waals surface area contributed by atoms with Gasteiger partial charge in [0.1, 0.15) is 5.82 Å². The fourth-order valence-corrected chi connectivity index (χ4v) is 1.26. The topological polar surface area (TPSA) is 77.3 Å². The number of hydrogen-bond donors (Lipinski definition) is 0. The SMILES string of the molecule is O=Cc1cc(C(=O)CCl)c([N+](=O)[O-])cc1F. The summed E-state index contributed by atoms with van der Waals surface area (Å²) in [4.78, 5) is 31.3. The Morgan fingerprint density at radius 2 is 2.19 bits per heavy atom. The first-order valence-electron chi connectivity index (χ1n) is 4.03. The molecule has 0 bridgehead atoms. The Hall–Kier alpha value is -1.82. The molecule has 84 valence electrons. The Kier molecular flexibility index (Phi) is 3.68. The number of carbonyl (C=O) groups excluding carboxylic acids is 2. The van der Waals surface area contributed by atoms with Crippen LogP contribution in [0.4, 0.5) is 10.1 Å². The highest BCUT2D eigenvalue weighted by molar-refractivity contribution is 6.31. The maximum atomic E-state index is 13.1. The van der Waals surface area contributed by atoms with Crippen LogP contribution in [0.15, 0.2) is 12.1 Å². The fraction of sp³-hybridized carbons (Fsp3) is 0.111. The molecular weight excluding hydrogens is 241 g/mol. The number of halogens is 2. The van der Waals surface area contributed by atoms with Crippen LogP contribution in [-0.2, 0) is 0 Å². The third-order valence-corrected chi connectivity index (χ3v) is 2.10. The van der Waals surface area contributed by atoms with Crippen LogP contribution in [-0.4, -0.2) is 22.9 Å². The molecule has 1 aromatic rings. The number of benzene rings is 1. The van der Waals surface area contributed by atoms with Crippen molar-refractivity contribution in [2.45, 2.75) is 0 Å². The summed E-state index contributed by atoms with van der Waals surface area (Å²) >= 11 is 5.24. The maximum absolute atomic E-state index is 13.1. The van der Waals surface area contributed by atoms with Crippen molar-refractivity contribution in [2.24, 2.45) is 0 Å². The maximum Gasteiger partial charge on any atom is 0.283 e. The zero-order valence-electron chi connectivity index (χ0n) is 7.78. The number of nitrogens with zero attached hydrogens (tertiary/aromatic N) is 1. The molecule has 0 saturated carbocycles. The molecule has 0 amide bonds. The first-order valence-corrected chi connectivity index (χ1v) is 4.57. The van der Waals surface area contributed by atoms with Gasteiger partial charge >= 0.3 is 0 Å². The predicted octanol–water partition coefficient (Wildman–Crippen LogP) is 1.97. The first kappa shape index (κ1) is 12.3. The summed E-state index contributed by atoms with van der Waals surface area (Å²) in [5, 5.41) is 10.5. The van der Waals surface area contributed by atoms with Gasteiger partial charge in [-0.15, -0.1) is 11.6 Å². The molecule has 0 aliphatic carbocycles. The van der Waals surface area contributed by atoms with E-state index in [2.05, 4.69) is 0 Å². The third-order valence-electron chi connectivity index (χ3n) is 1.86. The summed E-state index contributed by atoms with van der Waals surface area (Å²) in [6.45, 7) is 0. The Labute approximate surface area is 94.0 Å². The van der Waals surface area contributed by atoms with E-state index in [1.54, 1.807) is 0 Å². The molecule has 0 N–H and O–H groups in total. The summed E-state index contributed by atoms with van der Waals surface area (Å²) < 4.78 is 13.1. The molecule has 0 aliphatic rings. The molecule has 0 fully saturated rings. The lowest BCUT2D eigenvalue weighted by molar-refractivity contribution is -0.385. The van der Waals surface area contributed by atoms with E-state index in [0.29, 0.717) is 6.07 Å². The van der Waals surface area contributed by atoms with E-state index in [-0.39, 0.29) is 11.8 Å². The van der Waals surface area contributed by atoms with Crippen LogP contribution in [0.25, 0.3) is 0 Å². The van der Waals surface area contributed by atoms with E-state index in [1.165, 1.54) is 0 Å². The standard InChI is InChI=1S/C9H5ClFNO4/c10-3-9(14)6-1-5(4-13)7(11)2-8(6)12(15)16/h1-2,4H,3H2. The van der Waals surface area contributed by atoms with E-state index in [4.69, 9.17) is 11.6 Å². The summed E-state index contributed by atoms with van der Waals surface area (Å²) in [7, 11) is 0. The predicted molar refractivity (Wildman–Crippen MR) is 53.5 cm³/mol. The molecule has 0 radical (unpaired) electrons. The highest BCUT2D eigenvalue weighted by atomic mass is 35.5. The minimum absolute atomic E-state index is 0.171. The van der Waals surface area contributed by atoms with Gasteiger partial charge in [0.05, 0.1) is 28.0 Å². The monoisotopic (exact) mass is 245 g/mol. The van der Waals surface area contributed by atoms with E-state index < -0.39 is 33.7 Å². The van der Waals surface area contributed by atoms with Crippen molar-refractivity contribution < 1.29 is 18.9 Å². The lowest BCUT2D eigenvalue weighted by Gasteiger charge is -2.01. The average Bonchev–Trinajstić information content (AvgIpc) is 2.27. The minimum Gasteiger partial charge on any atom is -0.298 e. The smallest absolute Gasteiger partial charge is 0.283 e. The van der Waals surface area contributed by atoms with Crippen LogP contribution >= 0.6 is 11.6 Å². The lowest BCUT2D eigenvalue weighted by atomic mass is 10.1. The number of nitro groups is 1. The van der Waals surface area contributed by atoms with Crippen molar-refractivity contribution in [1.82, 2.24) is 0 Å². The minimum atomic E-state index is -1.05. The zero-order valence-corrected chi connectivity index (χ0v) is 8.53. The van der Waals surface area contributed by atoms with Crippen molar-refractivity contribution in [3.05, 3.63) is 39.2 Å². The molecule has 0 unspecified atom stereocenters.